The normalized spacial score (nSPS) is 17.6. The molecular formula is C20H19ClF3N3O4S. The van der Waals surface area contributed by atoms with Crippen molar-refractivity contribution in [2.45, 2.75) is 30.0 Å². The van der Waals surface area contributed by atoms with E-state index in [1.54, 1.807) is 0 Å². The zero-order valence-corrected chi connectivity index (χ0v) is 18.2. The Balaban J connectivity index is 1.72. The molecule has 0 unspecified atom stereocenters. The smallest absolute Gasteiger partial charge is 0.417 e. The summed E-state index contributed by atoms with van der Waals surface area (Å²) >= 11 is 5.82. The zero-order chi connectivity index (χ0) is 23.5. The fourth-order valence-corrected chi connectivity index (χ4v) is 4.86. The molecule has 1 aliphatic rings. The Labute approximate surface area is 187 Å². The summed E-state index contributed by atoms with van der Waals surface area (Å²) in [6.45, 7) is 3.82. The number of hydrogen-bond acceptors (Lipinski definition) is 5. The van der Waals surface area contributed by atoms with E-state index < -0.39 is 21.8 Å². The summed E-state index contributed by atoms with van der Waals surface area (Å²) in [6.07, 6.45) is -1.63. The van der Waals surface area contributed by atoms with Gasteiger partial charge in [-0.3, -0.25) is 4.79 Å². The highest BCUT2D eigenvalue weighted by atomic mass is 35.5. The van der Waals surface area contributed by atoms with Crippen LogP contribution in [0.15, 0.2) is 54.1 Å². The maximum atomic E-state index is 13.0. The van der Waals surface area contributed by atoms with Gasteiger partial charge in [-0.15, -0.1) is 0 Å². The number of carbonyl (C=O) groups is 1. The molecule has 7 nitrogen and oxygen atoms in total. The van der Waals surface area contributed by atoms with Crippen molar-refractivity contribution < 1.29 is 31.1 Å². The number of piperidine rings is 1. The number of rotatable bonds is 6. The first-order chi connectivity index (χ1) is 15.0. The molecule has 3 rings (SSSR count). The van der Waals surface area contributed by atoms with Crippen LogP contribution in [0.2, 0.25) is 5.02 Å². The number of aromatic nitrogens is 1. The maximum Gasteiger partial charge on any atom is 0.417 e. The lowest BCUT2D eigenvalue weighted by Crippen LogP contribution is -2.49. The van der Waals surface area contributed by atoms with E-state index >= 15 is 0 Å². The number of alkyl halides is 3. The lowest BCUT2D eigenvalue weighted by atomic mass is 10.1. The Bertz CT molecular complexity index is 1110. The van der Waals surface area contributed by atoms with Crippen molar-refractivity contribution in [3.05, 3.63) is 59.8 Å². The molecule has 1 atom stereocenters. The minimum atomic E-state index is -4.59. The van der Waals surface area contributed by atoms with Gasteiger partial charge in [0.25, 0.3) is 0 Å². The topological polar surface area (TPSA) is 88.6 Å². The summed E-state index contributed by atoms with van der Waals surface area (Å²) in [5.41, 5.74) is -1.01. The standard InChI is InChI=1S/C20H19ClF3N3O4S/c1-2-18(28)26-14-4-3-9-27(12-14)32(29,30)16-7-5-15(6-8-16)31-19-17(21)10-13(11-25-19)20(22,23)24/h2,5-8,10-11,14H,1,3-4,9,12H2,(H,26,28)/t14-/m0/s1. The van der Waals surface area contributed by atoms with E-state index in [-0.39, 0.29) is 40.0 Å². The number of nitrogens with one attached hydrogen (secondary N) is 1. The van der Waals surface area contributed by atoms with Crippen LogP contribution in [0, 0.1) is 0 Å². The van der Waals surface area contributed by atoms with E-state index in [0.717, 1.165) is 6.08 Å². The second kappa shape index (κ2) is 9.47. The maximum absolute atomic E-state index is 13.0. The lowest BCUT2D eigenvalue weighted by molar-refractivity contribution is -0.137. The zero-order valence-electron chi connectivity index (χ0n) is 16.6. The number of carbonyl (C=O) groups excluding carboxylic acids is 1. The number of hydrogen-bond donors (Lipinski definition) is 1. The van der Waals surface area contributed by atoms with Crippen LogP contribution in [0.3, 0.4) is 0 Å². The number of nitrogens with zero attached hydrogens (tertiary/aromatic N) is 2. The minimum Gasteiger partial charge on any atom is -0.438 e. The first-order valence-corrected chi connectivity index (χ1v) is 11.3. The Morgan fingerprint density at radius 2 is 2.00 bits per heavy atom. The fraction of sp³-hybridized carbons (Fsp3) is 0.300. The number of sulfonamides is 1. The second-order valence-corrected chi connectivity index (χ2v) is 9.34. The van der Waals surface area contributed by atoms with Gasteiger partial charge >= 0.3 is 6.18 Å². The Morgan fingerprint density at radius 1 is 1.31 bits per heavy atom. The Morgan fingerprint density at radius 3 is 2.59 bits per heavy atom. The van der Waals surface area contributed by atoms with Crippen LogP contribution < -0.4 is 10.1 Å². The molecule has 1 amide bonds. The van der Waals surface area contributed by atoms with Crippen LogP contribution in [0.5, 0.6) is 11.6 Å². The van der Waals surface area contributed by atoms with Crippen LogP contribution >= 0.6 is 11.6 Å². The molecule has 12 heteroatoms. The van der Waals surface area contributed by atoms with E-state index in [1.807, 2.05) is 0 Å². The highest BCUT2D eigenvalue weighted by Gasteiger charge is 2.32. The quantitative estimate of drug-likeness (QED) is 0.620. The third-order valence-electron chi connectivity index (χ3n) is 4.73. The van der Waals surface area contributed by atoms with Crippen molar-refractivity contribution in [1.29, 1.82) is 0 Å². The first-order valence-electron chi connectivity index (χ1n) is 9.44. The summed E-state index contributed by atoms with van der Waals surface area (Å²) in [5.74, 6) is -0.466. The molecule has 1 N–H and O–H groups in total. The van der Waals surface area contributed by atoms with E-state index in [2.05, 4.69) is 16.9 Å². The second-order valence-electron chi connectivity index (χ2n) is 7.00. The van der Waals surface area contributed by atoms with Gasteiger partial charge in [0, 0.05) is 25.3 Å². The van der Waals surface area contributed by atoms with E-state index in [1.165, 1.54) is 28.6 Å². The molecule has 0 saturated carbocycles. The van der Waals surface area contributed by atoms with Crippen LogP contribution in [0.4, 0.5) is 13.2 Å². The van der Waals surface area contributed by atoms with E-state index in [9.17, 15) is 26.4 Å². The molecule has 1 aromatic heterocycles. The van der Waals surface area contributed by atoms with E-state index in [0.29, 0.717) is 31.6 Å². The molecule has 1 fully saturated rings. The highest BCUT2D eigenvalue weighted by Crippen LogP contribution is 2.35. The van der Waals surface area contributed by atoms with Crippen molar-refractivity contribution in [2.75, 3.05) is 13.1 Å². The van der Waals surface area contributed by atoms with E-state index in [4.69, 9.17) is 16.3 Å². The number of pyridine rings is 1. The summed E-state index contributed by atoms with van der Waals surface area (Å²) in [4.78, 5) is 15.1. The van der Waals surface area contributed by atoms with Gasteiger partial charge in [0.15, 0.2) is 0 Å². The van der Waals surface area contributed by atoms with Crippen LogP contribution in [-0.4, -0.2) is 42.7 Å². The van der Waals surface area contributed by atoms with Gasteiger partial charge in [-0.25, -0.2) is 13.4 Å². The van der Waals surface area contributed by atoms with Gasteiger partial charge < -0.3 is 10.1 Å². The van der Waals surface area contributed by atoms with Crippen LogP contribution in [0.25, 0.3) is 0 Å². The fourth-order valence-electron chi connectivity index (χ4n) is 3.13. The van der Waals surface area contributed by atoms with Crippen LogP contribution in [0.1, 0.15) is 18.4 Å². The van der Waals surface area contributed by atoms with Crippen molar-refractivity contribution in [3.8, 4) is 11.6 Å². The molecule has 0 spiro atoms. The van der Waals surface area contributed by atoms with Crippen LogP contribution in [-0.2, 0) is 21.0 Å². The van der Waals surface area contributed by atoms with Gasteiger partial charge in [0.2, 0.25) is 21.8 Å². The number of ether oxygens (including phenoxy) is 1. The summed E-state index contributed by atoms with van der Waals surface area (Å²) < 4.78 is 70.7. The van der Waals surface area contributed by atoms with Crippen molar-refractivity contribution in [3.63, 3.8) is 0 Å². The van der Waals surface area contributed by atoms with Gasteiger partial charge in [-0.1, -0.05) is 18.2 Å². The molecule has 2 heterocycles. The summed E-state index contributed by atoms with van der Waals surface area (Å²) in [7, 11) is -3.82. The monoisotopic (exact) mass is 489 g/mol. The van der Waals surface area contributed by atoms with Gasteiger partial charge in [0.1, 0.15) is 10.8 Å². The molecule has 1 aliphatic heterocycles. The highest BCUT2D eigenvalue weighted by molar-refractivity contribution is 7.89. The van der Waals surface area contributed by atoms with Crippen molar-refractivity contribution in [2.24, 2.45) is 0 Å². The average molecular weight is 490 g/mol. The minimum absolute atomic E-state index is 0.00650. The Kier molecular flexibility index (Phi) is 7.11. The molecule has 0 aliphatic carbocycles. The molecule has 1 aromatic carbocycles. The van der Waals surface area contributed by atoms with Gasteiger partial charge in [-0.05, 0) is 49.2 Å². The van der Waals surface area contributed by atoms with Gasteiger partial charge in [-0.2, -0.15) is 17.5 Å². The van der Waals surface area contributed by atoms with Crippen molar-refractivity contribution in [1.82, 2.24) is 14.6 Å². The van der Waals surface area contributed by atoms with Gasteiger partial charge in [0.05, 0.1) is 10.5 Å². The average Bonchev–Trinajstić information content (AvgIpc) is 2.75. The predicted octanol–water partition coefficient (Wildman–Crippen LogP) is 4.00. The third kappa shape index (κ3) is 5.59. The number of amides is 1. The first kappa shape index (κ1) is 24.0. The molecule has 0 radical (unpaired) electrons. The molecular weight excluding hydrogens is 471 g/mol. The summed E-state index contributed by atoms with van der Waals surface area (Å²) in [6, 6.07) is 5.70. The number of halogens is 4. The SMILES string of the molecule is C=CC(=O)N[C@H]1CCCN(S(=O)(=O)c2ccc(Oc3ncc(C(F)(F)F)cc3Cl)cc2)C1. The largest absolute Gasteiger partial charge is 0.438 e. The lowest BCUT2D eigenvalue weighted by Gasteiger charge is -2.32. The number of benzene rings is 1. The molecule has 32 heavy (non-hydrogen) atoms. The molecule has 1 saturated heterocycles. The molecule has 0 bridgehead atoms. The third-order valence-corrected chi connectivity index (χ3v) is 6.88. The molecule has 172 valence electrons. The Hall–Kier alpha value is -2.63. The predicted molar refractivity (Wildman–Crippen MR) is 111 cm³/mol. The van der Waals surface area contributed by atoms with Crippen molar-refractivity contribution >= 4 is 27.5 Å². The summed E-state index contributed by atoms with van der Waals surface area (Å²) in [5, 5.41) is 2.37. The molecule has 2 aromatic rings.